The Labute approximate surface area is 178 Å². The molecule has 1 amide bonds. The highest BCUT2D eigenvalue weighted by molar-refractivity contribution is 9.10. The summed E-state index contributed by atoms with van der Waals surface area (Å²) in [6.07, 6.45) is 0. The highest BCUT2D eigenvalue weighted by Gasteiger charge is 2.16. The van der Waals surface area contributed by atoms with E-state index in [1.165, 1.54) is 25.3 Å². The van der Waals surface area contributed by atoms with Crippen molar-refractivity contribution in [3.63, 3.8) is 0 Å². The van der Waals surface area contributed by atoms with Gasteiger partial charge in [-0.3, -0.25) is 9.52 Å². The van der Waals surface area contributed by atoms with Crippen LogP contribution in [0.3, 0.4) is 0 Å². The first-order valence-electron chi connectivity index (χ1n) is 8.67. The smallest absolute Gasteiger partial charge is 0.261 e. The third-order valence-corrected chi connectivity index (χ3v) is 5.96. The van der Waals surface area contributed by atoms with Gasteiger partial charge in [-0.15, -0.1) is 0 Å². The van der Waals surface area contributed by atoms with E-state index in [9.17, 15) is 13.2 Å². The zero-order valence-electron chi connectivity index (χ0n) is 15.6. The van der Waals surface area contributed by atoms with Gasteiger partial charge in [0.1, 0.15) is 5.75 Å². The number of carbonyl (C=O) groups excluding carboxylic acids is 1. The Morgan fingerprint density at radius 2 is 1.72 bits per heavy atom. The molecule has 2 N–H and O–H groups in total. The van der Waals surface area contributed by atoms with Gasteiger partial charge in [0.15, 0.2) is 0 Å². The van der Waals surface area contributed by atoms with Crippen LogP contribution in [0.1, 0.15) is 15.9 Å². The van der Waals surface area contributed by atoms with Gasteiger partial charge < -0.3 is 10.1 Å². The van der Waals surface area contributed by atoms with Gasteiger partial charge in [-0.05, 0) is 60.2 Å². The van der Waals surface area contributed by atoms with Crippen molar-refractivity contribution in [3.05, 3.63) is 88.4 Å². The van der Waals surface area contributed by atoms with Crippen LogP contribution < -0.4 is 14.8 Å². The summed E-state index contributed by atoms with van der Waals surface area (Å²) in [5.41, 5.74) is 1.59. The molecule has 0 aromatic heterocycles. The molecule has 0 atom stereocenters. The fraction of sp³-hybridized carbons (Fsp3) is 0.0952. The molecule has 0 saturated heterocycles. The molecule has 0 unspecified atom stereocenters. The molecule has 0 aliphatic heterocycles. The van der Waals surface area contributed by atoms with E-state index in [0.717, 1.165) is 10.0 Å². The fourth-order valence-corrected chi connectivity index (χ4v) is 4.16. The van der Waals surface area contributed by atoms with Crippen LogP contribution in [0.25, 0.3) is 0 Å². The maximum absolute atomic E-state index is 12.7. The number of hydrogen-bond acceptors (Lipinski definition) is 4. The first-order valence-corrected chi connectivity index (χ1v) is 10.9. The van der Waals surface area contributed by atoms with Gasteiger partial charge in [-0.25, -0.2) is 8.42 Å². The number of hydrogen-bond donors (Lipinski definition) is 2. The second-order valence-corrected chi connectivity index (χ2v) is 8.77. The summed E-state index contributed by atoms with van der Waals surface area (Å²) in [6, 6.07) is 20.0. The number of rotatable bonds is 7. The standard InChI is InChI=1S/C21H19BrN2O4S/c1-28-19-10-8-18(9-11-19)24-29(26,27)20-7-3-5-16(13-20)21(25)23-14-15-4-2-6-17(22)12-15/h2-13,24H,14H2,1H3,(H,23,25). The minimum atomic E-state index is -3.84. The van der Waals surface area contributed by atoms with Gasteiger partial charge >= 0.3 is 0 Å². The number of anilines is 1. The maximum atomic E-state index is 12.7. The number of amides is 1. The molecule has 0 aliphatic carbocycles. The Bertz CT molecular complexity index is 1120. The summed E-state index contributed by atoms with van der Waals surface area (Å²) >= 11 is 3.39. The van der Waals surface area contributed by atoms with Gasteiger partial charge in [0, 0.05) is 22.3 Å². The lowest BCUT2D eigenvalue weighted by Crippen LogP contribution is -2.23. The van der Waals surface area contributed by atoms with Crippen molar-refractivity contribution in [1.82, 2.24) is 5.32 Å². The zero-order valence-corrected chi connectivity index (χ0v) is 18.0. The summed E-state index contributed by atoms with van der Waals surface area (Å²) < 4.78 is 33.8. The molecule has 0 radical (unpaired) electrons. The topological polar surface area (TPSA) is 84.5 Å². The van der Waals surface area contributed by atoms with Crippen molar-refractivity contribution >= 4 is 37.5 Å². The lowest BCUT2D eigenvalue weighted by molar-refractivity contribution is 0.0950. The number of ether oxygens (including phenoxy) is 1. The van der Waals surface area contributed by atoms with Crippen molar-refractivity contribution in [2.45, 2.75) is 11.4 Å². The summed E-state index contributed by atoms with van der Waals surface area (Å²) in [5, 5.41) is 2.79. The van der Waals surface area contributed by atoms with Gasteiger partial charge in [0.2, 0.25) is 0 Å². The molecular formula is C21H19BrN2O4S. The second-order valence-electron chi connectivity index (χ2n) is 6.17. The Morgan fingerprint density at radius 1 is 1.00 bits per heavy atom. The molecule has 29 heavy (non-hydrogen) atoms. The van der Waals surface area contributed by atoms with Crippen LogP contribution in [0.15, 0.2) is 82.2 Å². The molecule has 0 heterocycles. The molecule has 150 valence electrons. The van der Waals surface area contributed by atoms with Crippen LogP contribution in [0, 0.1) is 0 Å². The molecule has 0 aliphatic rings. The average molecular weight is 475 g/mol. The molecule has 0 bridgehead atoms. The van der Waals surface area contributed by atoms with Crippen LogP contribution in [-0.4, -0.2) is 21.4 Å². The van der Waals surface area contributed by atoms with Gasteiger partial charge in [0.25, 0.3) is 15.9 Å². The monoisotopic (exact) mass is 474 g/mol. The number of nitrogens with one attached hydrogen (secondary N) is 2. The molecule has 3 rings (SSSR count). The van der Waals surface area contributed by atoms with E-state index in [1.807, 2.05) is 24.3 Å². The van der Waals surface area contributed by atoms with Crippen molar-refractivity contribution in [2.75, 3.05) is 11.8 Å². The highest BCUT2D eigenvalue weighted by atomic mass is 79.9. The SMILES string of the molecule is COc1ccc(NS(=O)(=O)c2cccc(C(=O)NCc3cccc(Br)c3)c2)cc1. The lowest BCUT2D eigenvalue weighted by atomic mass is 10.2. The van der Waals surface area contributed by atoms with Gasteiger partial charge in [-0.1, -0.05) is 34.1 Å². The van der Waals surface area contributed by atoms with E-state index in [0.29, 0.717) is 18.0 Å². The van der Waals surface area contributed by atoms with Crippen molar-refractivity contribution in [3.8, 4) is 5.75 Å². The normalized spacial score (nSPS) is 11.0. The summed E-state index contributed by atoms with van der Waals surface area (Å²) in [7, 11) is -2.30. The van der Waals surface area contributed by atoms with E-state index in [4.69, 9.17) is 4.74 Å². The first-order chi connectivity index (χ1) is 13.9. The van der Waals surface area contributed by atoms with Gasteiger partial charge in [-0.2, -0.15) is 0 Å². The molecule has 0 fully saturated rings. The summed E-state index contributed by atoms with van der Waals surface area (Å²) in [6.45, 7) is 0.333. The Balaban J connectivity index is 1.72. The van der Waals surface area contributed by atoms with Crippen molar-refractivity contribution in [1.29, 1.82) is 0 Å². The quantitative estimate of drug-likeness (QED) is 0.537. The third-order valence-electron chi connectivity index (χ3n) is 4.09. The number of carbonyl (C=O) groups is 1. The molecule has 8 heteroatoms. The minimum absolute atomic E-state index is 0.00317. The minimum Gasteiger partial charge on any atom is -0.497 e. The van der Waals surface area contributed by atoms with E-state index < -0.39 is 10.0 Å². The fourth-order valence-electron chi connectivity index (χ4n) is 2.61. The number of methoxy groups -OCH3 is 1. The third kappa shape index (κ3) is 5.58. The summed E-state index contributed by atoms with van der Waals surface area (Å²) in [5.74, 6) is 0.267. The van der Waals surface area contributed by atoms with Crippen molar-refractivity contribution < 1.29 is 17.9 Å². The Hall–Kier alpha value is -2.84. The Kier molecular flexibility index (Phi) is 6.56. The largest absolute Gasteiger partial charge is 0.497 e. The van der Waals surface area contributed by atoms with Gasteiger partial charge in [0.05, 0.1) is 12.0 Å². The van der Waals surface area contributed by atoms with E-state index in [1.54, 1.807) is 30.3 Å². The van der Waals surface area contributed by atoms with Crippen molar-refractivity contribution in [2.24, 2.45) is 0 Å². The molecule has 0 spiro atoms. The van der Waals surface area contributed by atoms with Crippen LogP contribution in [0.2, 0.25) is 0 Å². The predicted octanol–water partition coefficient (Wildman–Crippen LogP) is 4.19. The first kappa shape index (κ1) is 20.9. The van der Waals surface area contributed by atoms with E-state index >= 15 is 0 Å². The number of halogens is 1. The second kappa shape index (κ2) is 9.11. The molecule has 6 nitrogen and oxygen atoms in total. The van der Waals surface area contributed by atoms with E-state index in [-0.39, 0.29) is 16.4 Å². The Morgan fingerprint density at radius 3 is 2.41 bits per heavy atom. The van der Waals surface area contributed by atoms with Crippen LogP contribution in [0.4, 0.5) is 5.69 Å². The maximum Gasteiger partial charge on any atom is 0.261 e. The summed E-state index contributed by atoms with van der Waals surface area (Å²) in [4.78, 5) is 12.5. The number of sulfonamides is 1. The molecular weight excluding hydrogens is 456 g/mol. The van der Waals surface area contributed by atoms with Crippen LogP contribution in [0.5, 0.6) is 5.75 Å². The highest BCUT2D eigenvalue weighted by Crippen LogP contribution is 2.20. The van der Waals surface area contributed by atoms with E-state index in [2.05, 4.69) is 26.0 Å². The number of benzene rings is 3. The zero-order chi connectivity index (χ0) is 20.9. The molecule has 3 aromatic rings. The van der Waals surface area contributed by atoms with Crippen LogP contribution in [-0.2, 0) is 16.6 Å². The molecule has 3 aromatic carbocycles. The van der Waals surface area contributed by atoms with Crippen LogP contribution >= 0.6 is 15.9 Å². The average Bonchev–Trinajstić information content (AvgIpc) is 2.72. The predicted molar refractivity (Wildman–Crippen MR) is 116 cm³/mol. The lowest BCUT2D eigenvalue weighted by Gasteiger charge is -2.10. The molecule has 0 saturated carbocycles.